The van der Waals surface area contributed by atoms with Crippen LogP contribution in [0.2, 0.25) is 5.28 Å². The molecule has 8 heteroatoms. The summed E-state index contributed by atoms with van der Waals surface area (Å²) in [5.74, 6) is 0.114. The SMILES string of the molecule is CC(=O)Nc1cccc(Nc2nc(N)nc(Cl)n2)c1. The van der Waals surface area contributed by atoms with Gasteiger partial charge in [0.1, 0.15) is 0 Å². The Labute approximate surface area is 114 Å². The molecule has 0 radical (unpaired) electrons. The third kappa shape index (κ3) is 3.78. The Hall–Kier alpha value is -2.41. The second kappa shape index (κ2) is 5.49. The van der Waals surface area contributed by atoms with Crippen molar-refractivity contribution in [1.29, 1.82) is 0 Å². The van der Waals surface area contributed by atoms with Gasteiger partial charge in [-0.3, -0.25) is 4.79 Å². The number of carbonyl (C=O) groups excluding carboxylic acids is 1. The van der Waals surface area contributed by atoms with Gasteiger partial charge >= 0.3 is 0 Å². The second-order valence-corrected chi connectivity index (χ2v) is 4.01. The fourth-order valence-electron chi connectivity index (χ4n) is 1.43. The van der Waals surface area contributed by atoms with Gasteiger partial charge in [-0.05, 0) is 29.8 Å². The van der Waals surface area contributed by atoms with E-state index in [4.69, 9.17) is 17.3 Å². The van der Waals surface area contributed by atoms with Crippen LogP contribution in [0, 0.1) is 0 Å². The molecule has 98 valence electrons. The number of rotatable bonds is 3. The summed E-state index contributed by atoms with van der Waals surface area (Å²) in [6.45, 7) is 1.44. The fourth-order valence-corrected chi connectivity index (χ4v) is 1.60. The highest BCUT2D eigenvalue weighted by Crippen LogP contribution is 2.18. The number of benzene rings is 1. The van der Waals surface area contributed by atoms with E-state index in [1.54, 1.807) is 24.3 Å². The summed E-state index contributed by atoms with van der Waals surface area (Å²) in [5, 5.41) is 5.60. The summed E-state index contributed by atoms with van der Waals surface area (Å²) in [6, 6.07) is 7.07. The van der Waals surface area contributed by atoms with Gasteiger partial charge in [-0.2, -0.15) is 15.0 Å². The van der Waals surface area contributed by atoms with Gasteiger partial charge in [0.05, 0.1) is 0 Å². The van der Waals surface area contributed by atoms with Gasteiger partial charge < -0.3 is 16.4 Å². The first-order valence-electron chi connectivity index (χ1n) is 5.34. The summed E-state index contributed by atoms with van der Waals surface area (Å²) in [7, 11) is 0. The van der Waals surface area contributed by atoms with Crippen LogP contribution in [-0.4, -0.2) is 20.9 Å². The second-order valence-electron chi connectivity index (χ2n) is 3.67. The molecular weight excluding hydrogens is 268 g/mol. The summed E-state index contributed by atoms with van der Waals surface area (Å²) in [6.07, 6.45) is 0. The maximum absolute atomic E-state index is 11.0. The molecule has 1 aromatic heterocycles. The number of hydrogen-bond acceptors (Lipinski definition) is 6. The monoisotopic (exact) mass is 278 g/mol. The van der Waals surface area contributed by atoms with Crippen LogP contribution in [0.4, 0.5) is 23.3 Å². The molecule has 19 heavy (non-hydrogen) atoms. The molecule has 0 atom stereocenters. The fraction of sp³-hybridized carbons (Fsp3) is 0.0909. The molecular formula is C11H11ClN6O. The highest BCUT2D eigenvalue weighted by atomic mass is 35.5. The molecule has 0 unspecified atom stereocenters. The molecule has 2 aromatic rings. The van der Waals surface area contributed by atoms with E-state index in [-0.39, 0.29) is 23.1 Å². The van der Waals surface area contributed by atoms with E-state index in [1.165, 1.54) is 6.92 Å². The summed E-state index contributed by atoms with van der Waals surface area (Å²) in [5.41, 5.74) is 6.81. The summed E-state index contributed by atoms with van der Waals surface area (Å²) < 4.78 is 0. The Morgan fingerprint density at radius 2 is 2.00 bits per heavy atom. The molecule has 1 aromatic carbocycles. The van der Waals surface area contributed by atoms with Crippen molar-refractivity contribution in [3.8, 4) is 0 Å². The van der Waals surface area contributed by atoms with Crippen molar-refractivity contribution in [1.82, 2.24) is 15.0 Å². The lowest BCUT2D eigenvalue weighted by molar-refractivity contribution is -0.114. The van der Waals surface area contributed by atoms with Crippen LogP contribution < -0.4 is 16.4 Å². The topological polar surface area (TPSA) is 106 Å². The number of hydrogen-bond donors (Lipinski definition) is 3. The smallest absolute Gasteiger partial charge is 0.233 e. The largest absolute Gasteiger partial charge is 0.368 e. The van der Waals surface area contributed by atoms with Crippen molar-refractivity contribution < 1.29 is 4.79 Å². The first-order chi connectivity index (χ1) is 9.02. The van der Waals surface area contributed by atoms with Crippen molar-refractivity contribution >= 4 is 40.8 Å². The van der Waals surface area contributed by atoms with Crippen LogP contribution in [0.15, 0.2) is 24.3 Å². The Bertz CT molecular complexity index is 598. The van der Waals surface area contributed by atoms with Crippen LogP contribution in [0.1, 0.15) is 6.92 Å². The molecule has 4 N–H and O–H groups in total. The number of nitrogens with one attached hydrogen (secondary N) is 2. The highest BCUT2D eigenvalue weighted by Gasteiger charge is 2.04. The zero-order valence-electron chi connectivity index (χ0n) is 10.0. The van der Waals surface area contributed by atoms with Crippen LogP contribution in [0.5, 0.6) is 0 Å². The van der Waals surface area contributed by atoms with Crippen LogP contribution in [0.25, 0.3) is 0 Å². The van der Waals surface area contributed by atoms with Gasteiger partial charge in [0.25, 0.3) is 0 Å². The molecule has 7 nitrogen and oxygen atoms in total. The molecule has 0 fully saturated rings. The lowest BCUT2D eigenvalue weighted by Crippen LogP contribution is -2.06. The maximum Gasteiger partial charge on any atom is 0.233 e. The number of aromatic nitrogens is 3. The first-order valence-corrected chi connectivity index (χ1v) is 5.72. The van der Waals surface area contributed by atoms with Crippen molar-refractivity contribution in [3.63, 3.8) is 0 Å². The van der Waals surface area contributed by atoms with Crippen LogP contribution in [-0.2, 0) is 4.79 Å². The van der Waals surface area contributed by atoms with E-state index in [0.717, 1.165) is 0 Å². The van der Waals surface area contributed by atoms with Crippen molar-refractivity contribution in [2.45, 2.75) is 6.92 Å². The van der Waals surface area contributed by atoms with Gasteiger partial charge in [-0.15, -0.1) is 0 Å². The first kappa shape index (κ1) is 13.0. The Morgan fingerprint density at radius 3 is 2.68 bits per heavy atom. The molecule has 1 amide bonds. The van der Waals surface area contributed by atoms with E-state index in [0.29, 0.717) is 11.4 Å². The zero-order valence-corrected chi connectivity index (χ0v) is 10.8. The van der Waals surface area contributed by atoms with Gasteiger partial charge in [-0.25, -0.2) is 0 Å². The third-order valence-electron chi connectivity index (χ3n) is 2.06. The van der Waals surface area contributed by atoms with E-state index >= 15 is 0 Å². The van der Waals surface area contributed by atoms with Gasteiger partial charge in [0, 0.05) is 18.3 Å². The third-order valence-corrected chi connectivity index (χ3v) is 2.23. The molecule has 0 saturated heterocycles. The molecule has 0 aliphatic carbocycles. The van der Waals surface area contributed by atoms with Gasteiger partial charge in [0.2, 0.25) is 23.1 Å². The lowest BCUT2D eigenvalue weighted by Gasteiger charge is -2.07. The van der Waals surface area contributed by atoms with E-state index in [1.807, 2.05) is 0 Å². The van der Waals surface area contributed by atoms with Crippen molar-refractivity contribution in [2.75, 3.05) is 16.4 Å². The molecule has 0 spiro atoms. The maximum atomic E-state index is 11.0. The van der Waals surface area contributed by atoms with Crippen LogP contribution >= 0.6 is 11.6 Å². The summed E-state index contributed by atoms with van der Waals surface area (Å²) in [4.78, 5) is 22.4. The number of carbonyl (C=O) groups is 1. The normalized spacial score (nSPS) is 10.0. The Morgan fingerprint density at radius 1 is 1.26 bits per heavy atom. The quantitative estimate of drug-likeness (QED) is 0.790. The summed E-state index contributed by atoms with van der Waals surface area (Å²) >= 11 is 5.68. The minimum Gasteiger partial charge on any atom is -0.368 e. The van der Waals surface area contributed by atoms with E-state index < -0.39 is 0 Å². The number of halogens is 1. The highest BCUT2D eigenvalue weighted by molar-refractivity contribution is 6.28. The average Bonchev–Trinajstić information content (AvgIpc) is 2.26. The molecule has 2 rings (SSSR count). The predicted octanol–water partition coefficient (Wildman–Crippen LogP) is 1.81. The number of nitrogens with two attached hydrogens (primary N) is 1. The molecule has 0 saturated carbocycles. The van der Waals surface area contributed by atoms with Gasteiger partial charge in [-0.1, -0.05) is 6.07 Å². The molecule has 0 aliphatic heterocycles. The average molecular weight is 279 g/mol. The molecule has 1 heterocycles. The van der Waals surface area contributed by atoms with Crippen molar-refractivity contribution in [3.05, 3.63) is 29.5 Å². The number of nitrogen functional groups attached to an aromatic ring is 1. The number of amides is 1. The lowest BCUT2D eigenvalue weighted by atomic mass is 10.3. The zero-order chi connectivity index (χ0) is 13.8. The molecule has 0 bridgehead atoms. The van der Waals surface area contributed by atoms with E-state index in [9.17, 15) is 4.79 Å². The Kier molecular flexibility index (Phi) is 3.76. The van der Waals surface area contributed by atoms with E-state index in [2.05, 4.69) is 25.6 Å². The van der Waals surface area contributed by atoms with Crippen LogP contribution in [0.3, 0.4) is 0 Å². The van der Waals surface area contributed by atoms with Crippen molar-refractivity contribution in [2.24, 2.45) is 0 Å². The standard InChI is InChI=1S/C11H11ClN6O/c1-6(19)14-7-3-2-4-8(5-7)15-11-17-9(12)16-10(13)18-11/h2-5H,1H3,(H,14,19)(H3,13,15,16,17,18). The molecule has 0 aliphatic rings. The number of nitrogens with zero attached hydrogens (tertiary/aromatic N) is 3. The minimum atomic E-state index is -0.149. The minimum absolute atomic E-state index is 0.00742. The van der Waals surface area contributed by atoms with Gasteiger partial charge in [0.15, 0.2) is 0 Å². The number of anilines is 4. The predicted molar refractivity (Wildman–Crippen MR) is 73.3 cm³/mol. The Balaban J connectivity index is 2.20.